The largest absolute Gasteiger partial charge is 0.457 e. The molecule has 3 rings (SSSR count). The fourth-order valence-electron chi connectivity index (χ4n) is 3.44. The van der Waals surface area contributed by atoms with Crippen molar-refractivity contribution in [2.75, 3.05) is 33.4 Å². The molecule has 1 fully saturated rings. The van der Waals surface area contributed by atoms with E-state index in [1.54, 1.807) is 6.07 Å². The van der Waals surface area contributed by atoms with Crippen LogP contribution < -0.4 is 5.32 Å². The Morgan fingerprint density at radius 2 is 1.97 bits per heavy atom. The molecule has 0 radical (unpaired) electrons. The van der Waals surface area contributed by atoms with Crippen LogP contribution in [0.5, 0.6) is 0 Å². The fraction of sp³-hybridized carbons (Fsp3) is 0.417. The lowest BCUT2D eigenvalue weighted by atomic mass is 10.1. The standard InChI is InChI=1S/C24H31N3O3.HI/c1-3-25-24(27(2)16-21-12-13-29-17-21)26-15-20-10-7-11-22(14-20)23(28)30-18-19-8-5-4-6-9-19;/h4-11,14,21H,3,12-13,15-18H2,1-2H3,(H,25,26);1H. The lowest BCUT2D eigenvalue weighted by molar-refractivity contribution is 0.0472. The maximum Gasteiger partial charge on any atom is 0.338 e. The van der Waals surface area contributed by atoms with Crippen molar-refractivity contribution in [3.05, 3.63) is 71.3 Å². The number of hydrogen-bond acceptors (Lipinski definition) is 4. The summed E-state index contributed by atoms with van der Waals surface area (Å²) < 4.78 is 10.9. The molecule has 1 heterocycles. The van der Waals surface area contributed by atoms with Crippen molar-refractivity contribution in [1.29, 1.82) is 0 Å². The second kappa shape index (κ2) is 13.3. The van der Waals surface area contributed by atoms with Crippen molar-refractivity contribution in [2.45, 2.75) is 26.5 Å². The zero-order valence-electron chi connectivity index (χ0n) is 18.3. The molecule has 1 N–H and O–H groups in total. The van der Waals surface area contributed by atoms with Gasteiger partial charge in [0, 0.05) is 32.7 Å². The molecule has 0 aromatic heterocycles. The number of halogens is 1. The van der Waals surface area contributed by atoms with Crippen LogP contribution in [0, 0.1) is 5.92 Å². The van der Waals surface area contributed by atoms with Crippen molar-refractivity contribution in [2.24, 2.45) is 10.9 Å². The maximum atomic E-state index is 12.4. The minimum Gasteiger partial charge on any atom is -0.457 e. The number of esters is 1. The van der Waals surface area contributed by atoms with E-state index < -0.39 is 0 Å². The molecule has 6 nitrogen and oxygen atoms in total. The van der Waals surface area contributed by atoms with Crippen LogP contribution in [0.3, 0.4) is 0 Å². The Morgan fingerprint density at radius 3 is 2.68 bits per heavy atom. The summed E-state index contributed by atoms with van der Waals surface area (Å²) in [6.07, 6.45) is 1.09. The summed E-state index contributed by atoms with van der Waals surface area (Å²) in [5, 5.41) is 3.35. The highest BCUT2D eigenvalue weighted by Crippen LogP contribution is 2.14. The summed E-state index contributed by atoms with van der Waals surface area (Å²) in [5.41, 5.74) is 2.48. The van der Waals surface area contributed by atoms with Crippen LogP contribution in [-0.4, -0.2) is 50.2 Å². The normalized spacial score (nSPS) is 15.8. The zero-order chi connectivity index (χ0) is 21.2. The second-order valence-corrected chi connectivity index (χ2v) is 7.54. The average molecular weight is 537 g/mol. The van der Waals surface area contributed by atoms with Gasteiger partial charge in [0.05, 0.1) is 18.7 Å². The van der Waals surface area contributed by atoms with Gasteiger partial charge in [-0.25, -0.2) is 9.79 Å². The third-order valence-electron chi connectivity index (χ3n) is 5.04. The summed E-state index contributed by atoms with van der Waals surface area (Å²) in [6.45, 7) is 6.20. The molecule has 1 aliphatic rings. The van der Waals surface area contributed by atoms with Gasteiger partial charge < -0.3 is 19.7 Å². The smallest absolute Gasteiger partial charge is 0.338 e. The Balaban J connectivity index is 0.00000341. The molecule has 1 aliphatic heterocycles. The first-order chi connectivity index (χ1) is 14.7. The monoisotopic (exact) mass is 537 g/mol. The lowest BCUT2D eigenvalue weighted by Gasteiger charge is -2.24. The number of hydrogen-bond donors (Lipinski definition) is 1. The third kappa shape index (κ3) is 8.14. The SMILES string of the molecule is CCNC(=NCc1cccc(C(=O)OCc2ccccc2)c1)N(C)CC1CCOC1.I. The third-order valence-corrected chi connectivity index (χ3v) is 5.04. The van der Waals surface area contributed by atoms with Gasteiger partial charge in [-0.1, -0.05) is 42.5 Å². The first kappa shape index (κ1) is 25.1. The number of benzene rings is 2. The lowest BCUT2D eigenvalue weighted by Crippen LogP contribution is -2.41. The van der Waals surface area contributed by atoms with Gasteiger partial charge in [0.25, 0.3) is 0 Å². The summed E-state index contributed by atoms with van der Waals surface area (Å²) in [6, 6.07) is 17.2. The van der Waals surface area contributed by atoms with Crippen molar-refractivity contribution in [3.63, 3.8) is 0 Å². The molecule has 1 atom stereocenters. The Morgan fingerprint density at radius 1 is 1.19 bits per heavy atom. The number of carbonyl (C=O) groups is 1. The zero-order valence-corrected chi connectivity index (χ0v) is 20.6. The molecule has 7 heteroatoms. The number of nitrogens with zero attached hydrogens (tertiary/aromatic N) is 2. The highest BCUT2D eigenvalue weighted by Gasteiger charge is 2.19. The number of aliphatic imine (C=N–C) groups is 1. The summed E-state index contributed by atoms with van der Waals surface area (Å²) in [4.78, 5) is 19.3. The van der Waals surface area contributed by atoms with E-state index in [9.17, 15) is 4.79 Å². The van der Waals surface area contributed by atoms with Gasteiger partial charge in [-0.3, -0.25) is 0 Å². The molecular formula is C24H32IN3O3. The maximum absolute atomic E-state index is 12.4. The average Bonchev–Trinajstić information content (AvgIpc) is 3.29. The van der Waals surface area contributed by atoms with Crippen LogP contribution in [0.1, 0.15) is 34.8 Å². The second-order valence-electron chi connectivity index (χ2n) is 7.54. The van der Waals surface area contributed by atoms with Crippen molar-refractivity contribution >= 4 is 35.9 Å². The summed E-state index contributed by atoms with van der Waals surface area (Å²) in [7, 11) is 2.05. The van der Waals surface area contributed by atoms with E-state index in [2.05, 4.69) is 24.2 Å². The van der Waals surface area contributed by atoms with Crippen molar-refractivity contribution in [1.82, 2.24) is 10.2 Å². The van der Waals surface area contributed by atoms with Crippen LogP contribution in [-0.2, 0) is 22.6 Å². The van der Waals surface area contributed by atoms with E-state index in [4.69, 9.17) is 14.5 Å². The molecular weight excluding hydrogens is 505 g/mol. The molecule has 0 saturated carbocycles. The van der Waals surface area contributed by atoms with Gasteiger partial charge in [-0.05, 0) is 36.6 Å². The number of nitrogens with one attached hydrogen (secondary N) is 1. The van der Waals surface area contributed by atoms with Crippen LogP contribution in [0.2, 0.25) is 0 Å². The molecule has 0 bridgehead atoms. The van der Waals surface area contributed by atoms with Crippen LogP contribution in [0.25, 0.3) is 0 Å². The Hall–Kier alpha value is -2.13. The first-order valence-corrected chi connectivity index (χ1v) is 10.5. The van der Waals surface area contributed by atoms with Gasteiger partial charge >= 0.3 is 5.97 Å². The van der Waals surface area contributed by atoms with Gasteiger partial charge in [0.1, 0.15) is 6.61 Å². The van der Waals surface area contributed by atoms with Gasteiger partial charge in [0.15, 0.2) is 5.96 Å². The highest BCUT2D eigenvalue weighted by molar-refractivity contribution is 14.0. The van der Waals surface area contributed by atoms with E-state index in [-0.39, 0.29) is 36.6 Å². The Labute approximate surface area is 202 Å². The highest BCUT2D eigenvalue weighted by atomic mass is 127. The van der Waals surface area contributed by atoms with E-state index in [1.165, 1.54) is 0 Å². The molecule has 1 unspecified atom stereocenters. The number of carbonyl (C=O) groups excluding carboxylic acids is 1. The summed E-state index contributed by atoms with van der Waals surface area (Å²) >= 11 is 0. The van der Waals surface area contributed by atoms with Crippen LogP contribution in [0.4, 0.5) is 0 Å². The molecule has 31 heavy (non-hydrogen) atoms. The predicted molar refractivity (Wildman–Crippen MR) is 134 cm³/mol. The number of ether oxygens (including phenoxy) is 2. The molecule has 168 valence electrons. The summed E-state index contributed by atoms with van der Waals surface area (Å²) in [5.74, 6) is 1.08. The molecule has 1 saturated heterocycles. The van der Waals surface area contributed by atoms with E-state index >= 15 is 0 Å². The van der Waals surface area contributed by atoms with Crippen molar-refractivity contribution < 1.29 is 14.3 Å². The number of guanidine groups is 1. The van der Waals surface area contributed by atoms with E-state index in [1.807, 2.05) is 48.5 Å². The molecule has 0 amide bonds. The fourth-order valence-corrected chi connectivity index (χ4v) is 3.44. The van der Waals surface area contributed by atoms with E-state index in [0.29, 0.717) is 18.0 Å². The van der Waals surface area contributed by atoms with Gasteiger partial charge in [-0.2, -0.15) is 0 Å². The number of rotatable bonds is 8. The molecule has 2 aromatic rings. The minimum absolute atomic E-state index is 0. The molecule has 2 aromatic carbocycles. The first-order valence-electron chi connectivity index (χ1n) is 10.5. The van der Waals surface area contributed by atoms with Gasteiger partial charge in [-0.15, -0.1) is 24.0 Å². The molecule has 0 spiro atoms. The minimum atomic E-state index is -0.324. The Kier molecular flexibility index (Phi) is 10.8. The topological polar surface area (TPSA) is 63.2 Å². The van der Waals surface area contributed by atoms with Gasteiger partial charge in [0.2, 0.25) is 0 Å². The predicted octanol–water partition coefficient (Wildman–Crippen LogP) is 4.10. The quantitative estimate of drug-likeness (QED) is 0.238. The van der Waals surface area contributed by atoms with Crippen LogP contribution in [0.15, 0.2) is 59.6 Å². The van der Waals surface area contributed by atoms with E-state index in [0.717, 1.165) is 49.8 Å². The van der Waals surface area contributed by atoms with Crippen LogP contribution >= 0.6 is 24.0 Å². The van der Waals surface area contributed by atoms with Crippen molar-refractivity contribution in [3.8, 4) is 0 Å². The molecule has 0 aliphatic carbocycles. The Bertz CT molecular complexity index is 839.